The second-order valence-corrected chi connectivity index (χ2v) is 4.86. The highest BCUT2D eigenvalue weighted by molar-refractivity contribution is 6.33. The Bertz CT molecular complexity index is 448. The number of hydrogen-bond acceptors (Lipinski definition) is 3. The number of rotatable bonds is 8. The number of anilines is 1. The Morgan fingerprint density at radius 1 is 1.20 bits per heavy atom. The van der Waals surface area contributed by atoms with E-state index in [9.17, 15) is 9.59 Å². The van der Waals surface area contributed by atoms with Crippen molar-refractivity contribution in [2.75, 3.05) is 11.9 Å². The van der Waals surface area contributed by atoms with E-state index in [1.165, 1.54) is 0 Å². The van der Waals surface area contributed by atoms with Crippen LogP contribution in [0.4, 0.5) is 5.69 Å². The molecular weight excluding hydrogens is 278 g/mol. The molecule has 0 fully saturated rings. The molecule has 20 heavy (non-hydrogen) atoms. The second-order valence-electron chi connectivity index (χ2n) is 4.46. The van der Waals surface area contributed by atoms with Gasteiger partial charge in [-0.3, -0.25) is 9.59 Å². The summed E-state index contributed by atoms with van der Waals surface area (Å²) in [5.74, 6) is -0.400. The molecule has 0 bridgehead atoms. The number of unbranched alkanes of at least 4 members (excludes halogenated alkanes) is 1. The summed E-state index contributed by atoms with van der Waals surface area (Å²) in [6.07, 6.45) is 2.88. The minimum Gasteiger partial charge on any atom is -0.466 e. The molecule has 1 aromatic carbocycles. The molecule has 1 aromatic rings. The molecule has 0 aliphatic heterocycles. The number of esters is 1. The van der Waals surface area contributed by atoms with Gasteiger partial charge in [0.2, 0.25) is 5.91 Å². The Labute approximate surface area is 124 Å². The van der Waals surface area contributed by atoms with E-state index in [0.717, 1.165) is 12.8 Å². The Hall–Kier alpha value is -1.55. The predicted octanol–water partition coefficient (Wildman–Crippen LogP) is 3.79. The lowest BCUT2D eigenvalue weighted by atomic mass is 10.2. The third-order valence-electron chi connectivity index (χ3n) is 2.69. The summed E-state index contributed by atoms with van der Waals surface area (Å²) < 4.78 is 5.01. The van der Waals surface area contributed by atoms with E-state index in [1.54, 1.807) is 24.3 Å². The monoisotopic (exact) mass is 297 g/mol. The van der Waals surface area contributed by atoms with Crippen molar-refractivity contribution < 1.29 is 14.3 Å². The molecule has 0 radical (unpaired) electrons. The lowest BCUT2D eigenvalue weighted by Crippen LogP contribution is -2.13. The third kappa shape index (κ3) is 6.57. The average molecular weight is 298 g/mol. The molecule has 5 heteroatoms. The number of halogens is 1. The van der Waals surface area contributed by atoms with Gasteiger partial charge >= 0.3 is 5.97 Å². The Morgan fingerprint density at radius 2 is 1.95 bits per heavy atom. The van der Waals surface area contributed by atoms with Crippen LogP contribution in [0.3, 0.4) is 0 Å². The van der Waals surface area contributed by atoms with Gasteiger partial charge in [-0.2, -0.15) is 0 Å². The number of amides is 1. The van der Waals surface area contributed by atoms with E-state index in [4.69, 9.17) is 16.3 Å². The molecule has 0 spiro atoms. The zero-order chi connectivity index (χ0) is 14.8. The normalized spacial score (nSPS) is 10.1. The zero-order valence-corrected chi connectivity index (χ0v) is 12.4. The highest BCUT2D eigenvalue weighted by Crippen LogP contribution is 2.20. The molecule has 0 saturated carbocycles. The van der Waals surface area contributed by atoms with Crippen molar-refractivity contribution in [3.05, 3.63) is 29.3 Å². The standard InChI is InChI=1S/C15H20ClNO3/c1-2-3-11-20-15(19)10-6-9-14(18)17-13-8-5-4-7-12(13)16/h4-5,7-8H,2-3,6,9-11H2,1H3,(H,17,18). The van der Waals surface area contributed by atoms with E-state index in [0.29, 0.717) is 23.7 Å². The molecule has 1 N–H and O–H groups in total. The number of benzene rings is 1. The summed E-state index contributed by atoms with van der Waals surface area (Å²) in [5.41, 5.74) is 0.588. The van der Waals surface area contributed by atoms with Crippen LogP contribution in [0.5, 0.6) is 0 Å². The maximum Gasteiger partial charge on any atom is 0.305 e. The quantitative estimate of drug-likeness (QED) is 0.586. The van der Waals surface area contributed by atoms with E-state index in [2.05, 4.69) is 5.32 Å². The van der Waals surface area contributed by atoms with Gasteiger partial charge in [0, 0.05) is 12.8 Å². The van der Waals surface area contributed by atoms with Crippen LogP contribution in [0.25, 0.3) is 0 Å². The van der Waals surface area contributed by atoms with Crippen molar-refractivity contribution in [3.8, 4) is 0 Å². The van der Waals surface area contributed by atoms with Gasteiger partial charge < -0.3 is 10.1 Å². The minimum atomic E-state index is -0.246. The summed E-state index contributed by atoms with van der Waals surface area (Å²) >= 11 is 5.93. The van der Waals surface area contributed by atoms with Crippen LogP contribution in [0.2, 0.25) is 5.02 Å². The average Bonchev–Trinajstić information content (AvgIpc) is 2.42. The first kappa shape index (κ1) is 16.5. The molecule has 0 atom stereocenters. The van der Waals surface area contributed by atoms with Crippen LogP contribution in [-0.2, 0) is 14.3 Å². The van der Waals surface area contributed by atoms with Crippen molar-refractivity contribution >= 4 is 29.2 Å². The van der Waals surface area contributed by atoms with Crippen LogP contribution in [0.15, 0.2) is 24.3 Å². The first-order chi connectivity index (χ1) is 9.63. The minimum absolute atomic E-state index is 0.153. The SMILES string of the molecule is CCCCOC(=O)CCCC(=O)Nc1ccccc1Cl. The highest BCUT2D eigenvalue weighted by Gasteiger charge is 2.07. The molecule has 0 unspecified atom stereocenters. The summed E-state index contributed by atoms with van der Waals surface area (Å²) in [4.78, 5) is 23.0. The van der Waals surface area contributed by atoms with Crippen LogP contribution in [-0.4, -0.2) is 18.5 Å². The van der Waals surface area contributed by atoms with Gasteiger partial charge in [0.1, 0.15) is 0 Å². The van der Waals surface area contributed by atoms with Gasteiger partial charge in [0.15, 0.2) is 0 Å². The molecule has 0 aromatic heterocycles. The number of carbonyl (C=O) groups is 2. The van der Waals surface area contributed by atoms with Crippen LogP contribution in [0, 0.1) is 0 Å². The molecule has 1 amide bonds. The maximum atomic E-state index is 11.7. The van der Waals surface area contributed by atoms with Gasteiger partial charge in [-0.05, 0) is 25.0 Å². The lowest BCUT2D eigenvalue weighted by molar-refractivity contribution is -0.143. The number of nitrogens with one attached hydrogen (secondary N) is 1. The van der Waals surface area contributed by atoms with Gasteiger partial charge in [-0.15, -0.1) is 0 Å². The largest absolute Gasteiger partial charge is 0.466 e. The van der Waals surface area contributed by atoms with Crippen LogP contribution in [0.1, 0.15) is 39.0 Å². The maximum absolute atomic E-state index is 11.7. The van der Waals surface area contributed by atoms with Crippen molar-refractivity contribution in [3.63, 3.8) is 0 Å². The van der Waals surface area contributed by atoms with Crippen molar-refractivity contribution in [1.82, 2.24) is 0 Å². The van der Waals surface area contributed by atoms with Crippen molar-refractivity contribution in [2.45, 2.75) is 39.0 Å². The summed E-state index contributed by atoms with van der Waals surface area (Å²) in [6, 6.07) is 7.04. The molecule has 110 valence electrons. The van der Waals surface area contributed by atoms with E-state index < -0.39 is 0 Å². The second kappa shape index (κ2) is 9.37. The molecule has 4 nitrogen and oxygen atoms in total. The Balaban J connectivity index is 2.20. The van der Waals surface area contributed by atoms with Crippen LogP contribution >= 0.6 is 11.6 Å². The molecule has 0 heterocycles. The Kier molecular flexibility index (Phi) is 7.73. The van der Waals surface area contributed by atoms with E-state index in [1.807, 2.05) is 6.92 Å². The number of carbonyl (C=O) groups excluding carboxylic acids is 2. The van der Waals surface area contributed by atoms with Crippen molar-refractivity contribution in [1.29, 1.82) is 0 Å². The molecular formula is C15H20ClNO3. The third-order valence-corrected chi connectivity index (χ3v) is 3.02. The van der Waals surface area contributed by atoms with Crippen molar-refractivity contribution in [2.24, 2.45) is 0 Å². The lowest BCUT2D eigenvalue weighted by Gasteiger charge is -2.07. The smallest absolute Gasteiger partial charge is 0.305 e. The summed E-state index contributed by atoms with van der Waals surface area (Å²) in [6.45, 7) is 2.49. The van der Waals surface area contributed by atoms with Gasteiger partial charge in [0.25, 0.3) is 0 Å². The molecule has 0 saturated heterocycles. The fourth-order valence-corrected chi connectivity index (χ4v) is 1.75. The number of para-hydroxylation sites is 1. The van der Waals surface area contributed by atoms with Crippen LogP contribution < -0.4 is 5.32 Å². The van der Waals surface area contributed by atoms with Gasteiger partial charge in [-0.25, -0.2) is 0 Å². The molecule has 0 aliphatic carbocycles. The van der Waals surface area contributed by atoms with Gasteiger partial charge in [-0.1, -0.05) is 37.1 Å². The molecule has 0 aliphatic rings. The van der Waals surface area contributed by atoms with E-state index in [-0.39, 0.29) is 24.7 Å². The highest BCUT2D eigenvalue weighted by atomic mass is 35.5. The summed E-state index contributed by atoms with van der Waals surface area (Å²) in [5, 5.41) is 3.21. The number of hydrogen-bond donors (Lipinski definition) is 1. The van der Waals surface area contributed by atoms with Gasteiger partial charge in [0.05, 0.1) is 17.3 Å². The first-order valence-electron chi connectivity index (χ1n) is 6.83. The zero-order valence-electron chi connectivity index (χ0n) is 11.7. The number of ether oxygens (including phenoxy) is 1. The summed E-state index contributed by atoms with van der Waals surface area (Å²) in [7, 11) is 0. The predicted molar refractivity (Wildman–Crippen MR) is 79.8 cm³/mol. The molecule has 1 rings (SSSR count). The topological polar surface area (TPSA) is 55.4 Å². The van der Waals surface area contributed by atoms with E-state index >= 15 is 0 Å². The fraction of sp³-hybridized carbons (Fsp3) is 0.467. The fourth-order valence-electron chi connectivity index (χ4n) is 1.57. The first-order valence-corrected chi connectivity index (χ1v) is 7.21. The Morgan fingerprint density at radius 3 is 2.65 bits per heavy atom.